The number of carboxylic acid groups (broad SMARTS) is 1. The number of hydrogen-bond acceptors (Lipinski definition) is 6. The summed E-state index contributed by atoms with van der Waals surface area (Å²) in [6, 6.07) is 10.8. The molecule has 10 nitrogen and oxygen atoms in total. The molecule has 17 heteroatoms. The van der Waals surface area contributed by atoms with E-state index in [-0.39, 0.29) is 29.3 Å². The van der Waals surface area contributed by atoms with E-state index in [1.165, 1.54) is 16.8 Å². The van der Waals surface area contributed by atoms with Gasteiger partial charge in [-0.2, -0.15) is 31.4 Å². The predicted molar refractivity (Wildman–Crippen MR) is 151 cm³/mol. The van der Waals surface area contributed by atoms with Crippen molar-refractivity contribution >= 4 is 40.7 Å². The maximum absolute atomic E-state index is 12.9. The Bertz CT molecular complexity index is 1540. The van der Waals surface area contributed by atoms with Crippen molar-refractivity contribution in [1.29, 1.82) is 0 Å². The number of urea groups is 1. The standard InChI is InChI=1S/C25H26ClF3N6O2.C2HF3O2/c1-15-12-34(13-16(2)31-15)21-11-30-35(23(36)22(21)26)14-17-5-3-7-19(9-17)32-24(37)33-20-8-4-6-18(10-20)25(27,28)29;3-2(4,5)1(6)7/h3-11,15-16,31H,12-14H2,1-2H3,(H2,32,33,37);(H,6,7)/t15-,16+;. The van der Waals surface area contributed by atoms with Gasteiger partial charge in [-0.1, -0.05) is 29.8 Å². The van der Waals surface area contributed by atoms with Gasteiger partial charge in [0.05, 0.1) is 24.0 Å². The first kappa shape index (κ1) is 34.2. The van der Waals surface area contributed by atoms with Crippen LogP contribution in [0.25, 0.3) is 0 Å². The van der Waals surface area contributed by atoms with Gasteiger partial charge in [-0.05, 0) is 49.7 Å². The van der Waals surface area contributed by atoms with Crippen LogP contribution in [0.2, 0.25) is 5.02 Å². The largest absolute Gasteiger partial charge is 0.490 e. The van der Waals surface area contributed by atoms with Crippen molar-refractivity contribution in [3.63, 3.8) is 0 Å². The summed E-state index contributed by atoms with van der Waals surface area (Å²) < 4.78 is 71.7. The number of rotatable bonds is 5. The van der Waals surface area contributed by atoms with Gasteiger partial charge in [0.2, 0.25) is 0 Å². The number of hydrogen-bond donors (Lipinski definition) is 4. The van der Waals surface area contributed by atoms with Crippen LogP contribution >= 0.6 is 11.6 Å². The molecule has 44 heavy (non-hydrogen) atoms. The van der Waals surface area contributed by atoms with Crippen LogP contribution in [0.1, 0.15) is 25.0 Å². The number of carboxylic acids is 1. The number of aromatic nitrogens is 2. The van der Waals surface area contributed by atoms with E-state index in [1.807, 2.05) is 4.90 Å². The Hall–Kier alpha value is -4.31. The Morgan fingerprint density at radius 3 is 2.09 bits per heavy atom. The lowest BCUT2D eigenvalue weighted by molar-refractivity contribution is -0.192. The first-order valence-electron chi connectivity index (χ1n) is 12.8. The highest BCUT2D eigenvalue weighted by Crippen LogP contribution is 2.30. The molecule has 0 radical (unpaired) electrons. The van der Waals surface area contributed by atoms with Gasteiger partial charge in [-0.15, -0.1) is 0 Å². The molecular weight excluding hydrogens is 622 g/mol. The minimum absolute atomic E-state index is 0.00207. The molecule has 2 heterocycles. The molecule has 1 saturated heterocycles. The molecule has 2 atom stereocenters. The van der Waals surface area contributed by atoms with Gasteiger partial charge in [-0.3, -0.25) is 4.79 Å². The van der Waals surface area contributed by atoms with Gasteiger partial charge < -0.3 is 26.0 Å². The van der Waals surface area contributed by atoms with Gasteiger partial charge >= 0.3 is 24.4 Å². The van der Waals surface area contributed by atoms with Gasteiger partial charge in [0.25, 0.3) is 5.56 Å². The highest BCUT2D eigenvalue weighted by atomic mass is 35.5. The number of nitrogens with zero attached hydrogens (tertiary/aromatic N) is 3. The summed E-state index contributed by atoms with van der Waals surface area (Å²) in [5.41, 5.74) is 0.350. The summed E-state index contributed by atoms with van der Waals surface area (Å²) in [7, 11) is 0. The van der Waals surface area contributed by atoms with Crippen LogP contribution in [0.15, 0.2) is 59.5 Å². The normalized spacial score (nSPS) is 16.9. The van der Waals surface area contributed by atoms with E-state index in [0.29, 0.717) is 30.0 Å². The zero-order chi connectivity index (χ0) is 32.8. The summed E-state index contributed by atoms with van der Waals surface area (Å²) in [6.07, 6.45) is -8.02. The smallest absolute Gasteiger partial charge is 0.475 e. The summed E-state index contributed by atoms with van der Waals surface area (Å²) in [6.45, 7) is 5.63. The highest BCUT2D eigenvalue weighted by molar-refractivity contribution is 6.33. The lowest BCUT2D eigenvalue weighted by Crippen LogP contribution is -2.54. The van der Waals surface area contributed by atoms with Gasteiger partial charge in [-0.25, -0.2) is 14.3 Å². The van der Waals surface area contributed by atoms with Crippen molar-refractivity contribution in [1.82, 2.24) is 15.1 Å². The second-order valence-electron chi connectivity index (χ2n) is 9.84. The number of nitrogens with one attached hydrogen (secondary N) is 3. The number of piperazine rings is 1. The molecule has 4 rings (SSSR count). The molecule has 238 valence electrons. The Balaban J connectivity index is 0.000000676. The Morgan fingerprint density at radius 1 is 1.00 bits per heavy atom. The van der Waals surface area contributed by atoms with Crippen molar-refractivity contribution < 1.29 is 41.0 Å². The van der Waals surface area contributed by atoms with E-state index in [4.69, 9.17) is 21.5 Å². The number of aliphatic carboxylic acids is 1. The van der Waals surface area contributed by atoms with Crippen molar-refractivity contribution in [3.05, 3.63) is 81.2 Å². The molecule has 1 aliphatic heterocycles. The Kier molecular flexibility index (Phi) is 10.9. The molecule has 0 bridgehead atoms. The average molecular weight is 649 g/mol. The number of anilines is 3. The lowest BCUT2D eigenvalue weighted by atomic mass is 10.1. The third-order valence-corrected chi connectivity index (χ3v) is 6.43. The molecule has 0 saturated carbocycles. The Labute approximate surface area is 251 Å². The van der Waals surface area contributed by atoms with Crippen LogP contribution in [0.5, 0.6) is 0 Å². The molecule has 0 aliphatic carbocycles. The molecule has 1 fully saturated rings. The Morgan fingerprint density at radius 2 is 1.55 bits per heavy atom. The maximum atomic E-state index is 12.9. The van der Waals surface area contributed by atoms with Crippen LogP contribution in [-0.2, 0) is 17.5 Å². The fraction of sp³-hybridized carbons (Fsp3) is 0.333. The van der Waals surface area contributed by atoms with E-state index in [1.54, 1.807) is 30.5 Å². The molecule has 0 spiro atoms. The minimum Gasteiger partial charge on any atom is -0.475 e. The molecule has 2 aromatic carbocycles. The summed E-state index contributed by atoms with van der Waals surface area (Å²) in [5.74, 6) is -2.76. The number of halogens is 7. The van der Waals surface area contributed by atoms with Crippen molar-refractivity contribution in [2.75, 3.05) is 28.6 Å². The van der Waals surface area contributed by atoms with Crippen LogP contribution in [-0.4, -0.2) is 58.2 Å². The van der Waals surface area contributed by atoms with Crippen LogP contribution in [0.3, 0.4) is 0 Å². The molecular formula is C27H27ClF6N6O4. The first-order valence-corrected chi connectivity index (χ1v) is 13.2. The summed E-state index contributed by atoms with van der Waals surface area (Å²) >= 11 is 6.44. The second kappa shape index (κ2) is 14.0. The molecule has 1 aromatic heterocycles. The number of alkyl halides is 6. The quantitative estimate of drug-likeness (QED) is 0.272. The van der Waals surface area contributed by atoms with Crippen molar-refractivity contribution in [2.45, 2.75) is 44.8 Å². The SMILES string of the molecule is C[C@@H]1CN(c2cnn(Cc3cccc(NC(=O)Nc4cccc(C(F)(F)F)c4)c3)c(=O)c2Cl)C[C@H](C)N1.O=C(O)C(F)(F)F. The highest BCUT2D eigenvalue weighted by Gasteiger charge is 2.38. The van der Waals surface area contributed by atoms with E-state index in [9.17, 15) is 35.9 Å². The maximum Gasteiger partial charge on any atom is 0.490 e. The van der Waals surface area contributed by atoms with Crippen molar-refractivity contribution in [3.8, 4) is 0 Å². The fourth-order valence-electron chi connectivity index (χ4n) is 4.30. The van der Waals surface area contributed by atoms with E-state index >= 15 is 0 Å². The third kappa shape index (κ3) is 9.60. The van der Waals surface area contributed by atoms with Crippen LogP contribution < -0.4 is 26.4 Å². The van der Waals surface area contributed by atoms with Crippen LogP contribution in [0.4, 0.5) is 48.2 Å². The van der Waals surface area contributed by atoms with E-state index in [0.717, 1.165) is 12.1 Å². The predicted octanol–water partition coefficient (Wildman–Crippen LogP) is 5.43. The molecule has 0 unspecified atom stereocenters. The topological polar surface area (TPSA) is 129 Å². The zero-order valence-corrected chi connectivity index (χ0v) is 23.9. The van der Waals surface area contributed by atoms with Gasteiger partial charge in [0.15, 0.2) is 0 Å². The minimum atomic E-state index is -5.08. The second-order valence-corrected chi connectivity index (χ2v) is 10.2. The molecule has 4 N–H and O–H groups in total. The van der Waals surface area contributed by atoms with Crippen molar-refractivity contribution in [2.24, 2.45) is 0 Å². The number of amides is 2. The fourth-order valence-corrected chi connectivity index (χ4v) is 4.57. The average Bonchev–Trinajstić information content (AvgIpc) is 2.90. The van der Waals surface area contributed by atoms with E-state index in [2.05, 4.69) is 34.9 Å². The van der Waals surface area contributed by atoms with Gasteiger partial charge in [0, 0.05) is 36.5 Å². The number of carbonyl (C=O) groups excluding carboxylic acids is 1. The molecule has 2 amide bonds. The van der Waals surface area contributed by atoms with Crippen LogP contribution in [0, 0.1) is 0 Å². The third-order valence-electron chi connectivity index (χ3n) is 6.07. The van der Waals surface area contributed by atoms with E-state index < -0.39 is 35.5 Å². The summed E-state index contributed by atoms with van der Waals surface area (Å²) in [4.78, 5) is 36.2. The monoisotopic (exact) mass is 648 g/mol. The lowest BCUT2D eigenvalue weighted by Gasteiger charge is -2.37. The first-order chi connectivity index (χ1) is 20.4. The molecule has 1 aliphatic rings. The number of benzene rings is 2. The summed E-state index contributed by atoms with van der Waals surface area (Å²) in [5, 5.41) is 19.9. The molecule has 3 aromatic rings. The number of carbonyl (C=O) groups is 2. The van der Waals surface area contributed by atoms with Gasteiger partial charge in [0.1, 0.15) is 5.02 Å². The zero-order valence-electron chi connectivity index (χ0n) is 23.1.